The molecule has 0 unspecified atom stereocenters. The first kappa shape index (κ1) is 20.6. The first-order chi connectivity index (χ1) is 13.8. The number of benzene rings is 3. The number of hydrogen-bond donors (Lipinski definition) is 2. The summed E-state index contributed by atoms with van der Waals surface area (Å²) < 4.78 is 25.3. The number of amides is 1. The zero-order valence-corrected chi connectivity index (χ0v) is 17.0. The van der Waals surface area contributed by atoms with E-state index in [9.17, 15) is 18.3 Å². The number of rotatable bonds is 6. The van der Waals surface area contributed by atoms with Gasteiger partial charge in [0.2, 0.25) is 10.0 Å². The van der Waals surface area contributed by atoms with Gasteiger partial charge in [-0.15, -0.1) is 0 Å². The van der Waals surface area contributed by atoms with Gasteiger partial charge >= 0.3 is 0 Å². The van der Waals surface area contributed by atoms with Crippen molar-refractivity contribution in [3.8, 4) is 11.1 Å². The lowest BCUT2D eigenvalue weighted by Crippen LogP contribution is -2.26. The number of nitrogens with one attached hydrogen (secondary N) is 1. The lowest BCUT2D eigenvalue weighted by Gasteiger charge is -2.22. The number of nitrogens with zero attached hydrogens (tertiary/aromatic N) is 1. The molecule has 29 heavy (non-hydrogen) atoms. The molecule has 3 aromatic rings. The molecule has 1 amide bonds. The van der Waals surface area contributed by atoms with Crippen molar-refractivity contribution in [2.24, 2.45) is 0 Å². The highest BCUT2D eigenvalue weighted by molar-refractivity contribution is 7.92. The molecule has 0 atom stereocenters. The predicted molar refractivity (Wildman–Crippen MR) is 115 cm³/mol. The van der Waals surface area contributed by atoms with E-state index in [-0.39, 0.29) is 6.61 Å². The normalized spacial score (nSPS) is 11.1. The third-order valence-electron chi connectivity index (χ3n) is 4.62. The summed E-state index contributed by atoms with van der Waals surface area (Å²) in [7, 11) is -2.09. The van der Waals surface area contributed by atoms with E-state index in [0.717, 1.165) is 21.7 Å². The summed E-state index contributed by atoms with van der Waals surface area (Å²) in [5.41, 5.74) is 3.30. The molecule has 3 aromatic carbocycles. The number of aliphatic hydroxyl groups excluding tert-OH is 1. The maximum absolute atomic E-state index is 12.9. The Morgan fingerprint density at radius 1 is 0.966 bits per heavy atom. The van der Waals surface area contributed by atoms with Crippen LogP contribution in [0.3, 0.4) is 0 Å². The monoisotopic (exact) mass is 410 g/mol. The highest BCUT2D eigenvalue weighted by Gasteiger charge is 2.19. The second kappa shape index (κ2) is 8.46. The highest BCUT2D eigenvalue weighted by atomic mass is 32.2. The Morgan fingerprint density at radius 2 is 1.62 bits per heavy atom. The molecule has 0 aromatic heterocycles. The zero-order chi connectivity index (χ0) is 21.0. The van der Waals surface area contributed by atoms with Gasteiger partial charge in [-0.25, -0.2) is 8.42 Å². The maximum atomic E-state index is 12.9. The summed E-state index contributed by atoms with van der Waals surface area (Å²) >= 11 is 0. The summed E-state index contributed by atoms with van der Waals surface area (Å²) in [6.07, 6.45) is 1.10. The van der Waals surface area contributed by atoms with E-state index in [2.05, 4.69) is 5.32 Å². The van der Waals surface area contributed by atoms with Crippen molar-refractivity contribution in [1.82, 2.24) is 0 Å². The van der Waals surface area contributed by atoms with Crippen LogP contribution in [0.2, 0.25) is 0 Å². The van der Waals surface area contributed by atoms with Gasteiger partial charge in [-0.1, -0.05) is 54.6 Å². The van der Waals surface area contributed by atoms with E-state index in [4.69, 9.17) is 0 Å². The van der Waals surface area contributed by atoms with Gasteiger partial charge < -0.3 is 10.4 Å². The van der Waals surface area contributed by atoms with Crippen LogP contribution in [0, 0.1) is 0 Å². The first-order valence-electron chi connectivity index (χ1n) is 8.94. The molecule has 0 bridgehead atoms. The first-order valence-corrected chi connectivity index (χ1v) is 10.8. The van der Waals surface area contributed by atoms with Gasteiger partial charge in [-0.2, -0.15) is 0 Å². The molecule has 6 nitrogen and oxygen atoms in total. The van der Waals surface area contributed by atoms with Gasteiger partial charge in [0.15, 0.2) is 0 Å². The molecule has 0 saturated carbocycles. The van der Waals surface area contributed by atoms with Gasteiger partial charge in [0, 0.05) is 12.6 Å². The summed E-state index contributed by atoms with van der Waals surface area (Å²) in [5, 5.41) is 12.3. The molecule has 0 radical (unpaired) electrons. The van der Waals surface area contributed by atoms with Crippen LogP contribution in [0.1, 0.15) is 15.9 Å². The lowest BCUT2D eigenvalue weighted by atomic mass is 10.0. The molecular formula is C22H22N2O4S. The van der Waals surface area contributed by atoms with E-state index >= 15 is 0 Å². The van der Waals surface area contributed by atoms with Crippen molar-refractivity contribution in [2.75, 3.05) is 22.9 Å². The molecule has 0 saturated heterocycles. The third kappa shape index (κ3) is 4.64. The van der Waals surface area contributed by atoms with Gasteiger partial charge in [0.1, 0.15) is 0 Å². The van der Waals surface area contributed by atoms with Crippen LogP contribution < -0.4 is 9.62 Å². The van der Waals surface area contributed by atoms with E-state index in [0.29, 0.717) is 22.5 Å². The van der Waals surface area contributed by atoms with Gasteiger partial charge in [0.05, 0.1) is 24.2 Å². The average molecular weight is 410 g/mol. The number of carbonyl (C=O) groups excluding carboxylic acids is 1. The van der Waals surface area contributed by atoms with Gasteiger partial charge in [0.25, 0.3) is 5.91 Å². The topological polar surface area (TPSA) is 86.7 Å². The van der Waals surface area contributed by atoms with Crippen LogP contribution in [0.4, 0.5) is 11.4 Å². The summed E-state index contributed by atoms with van der Waals surface area (Å²) in [5.74, 6) is -0.428. The fraction of sp³-hybridized carbons (Fsp3) is 0.136. The molecule has 0 spiro atoms. The van der Waals surface area contributed by atoms with Crippen molar-refractivity contribution in [2.45, 2.75) is 6.61 Å². The van der Waals surface area contributed by atoms with Crippen LogP contribution in [-0.2, 0) is 16.6 Å². The van der Waals surface area contributed by atoms with E-state index in [1.165, 1.54) is 7.05 Å². The molecule has 3 rings (SSSR count). The Hall–Kier alpha value is -3.16. The van der Waals surface area contributed by atoms with Gasteiger partial charge in [-0.3, -0.25) is 9.10 Å². The fourth-order valence-corrected chi connectivity index (χ4v) is 3.49. The summed E-state index contributed by atoms with van der Waals surface area (Å²) in [4.78, 5) is 12.9. The predicted octanol–water partition coefficient (Wildman–Crippen LogP) is 3.49. The molecule has 0 aliphatic rings. The average Bonchev–Trinajstić information content (AvgIpc) is 2.73. The van der Waals surface area contributed by atoms with Crippen LogP contribution in [0.25, 0.3) is 11.1 Å². The lowest BCUT2D eigenvalue weighted by molar-refractivity contribution is 0.102. The summed E-state index contributed by atoms with van der Waals surface area (Å²) in [6, 6.07) is 21.5. The molecule has 150 valence electrons. The van der Waals surface area contributed by atoms with E-state index in [1.807, 2.05) is 36.4 Å². The maximum Gasteiger partial charge on any atom is 0.256 e. The Balaban J connectivity index is 2.07. The Kier molecular flexibility index (Phi) is 6.00. The Bertz CT molecular complexity index is 1130. The number of anilines is 2. The van der Waals surface area contributed by atoms with Crippen LogP contribution in [0.5, 0.6) is 0 Å². The summed E-state index contributed by atoms with van der Waals surface area (Å²) in [6.45, 7) is -0.274. The molecular weight excluding hydrogens is 388 g/mol. The Labute approximate surface area is 170 Å². The van der Waals surface area contributed by atoms with Crippen LogP contribution in [-0.4, -0.2) is 32.7 Å². The number of aliphatic hydroxyl groups is 1. The van der Waals surface area contributed by atoms with Gasteiger partial charge in [-0.05, 0) is 34.9 Å². The fourth-order valence-electron chi connectivity index (χ4n) is 2.97. The molecule has 0 aliphatic carbocycles. The quantitative estimate of drug-likeness (QED) is 0.651. The third-order valence-corrected chi connectivity index (χ3v) is 5.81. The number of carbonyl (C=O) groups is 1. The standard InChI is InChI=1S/C22H22N2O4S/c1-24(29(2,27)28)21-13-12-17(16-8-4-3-5-9-16)14-20(21)23-22(26)19-11-7-6-10-18(19)15-25/h3-14,25H,15H2,1-2H3,(H,23,26). The molecule has 0 heterocycles. The van der Waals surface area contributed by atoms with Crippen molar-refractivity contribution in [3.05, 3.63) is 83.9 Å². The smallest absolute Gasteiger partial charge is 0.256 e. The zero-order valence-electron chi connectivity index (χ0n) is 16.2. The second-order valence-electron chi connectivity index (χ2n) is 6.60. The van der Waals surface area contributed by atoms with Crippen molar-refractivity contribution in [3.63, 3.8) is 0 Å². The number of hydrogen-bond acceptors (Lipinski definition) is 4. The highest BCUT2D eigenvalue weighted by Crippen LogP contribution is 2.32. The minimum Gasteiger partial charge on any atom is -0.392 e. The molecule has 2 N–H and O–H groups in total. The SMILES string of the molecule is CN(c1ccc(-c2ccccc2)cc1NC(=O)c1ccccc1CO)S(C)(=O)=O. The van der Waals surface area contributed by atoms with Crippen molar-refractivity contribution < 1.29 is 18.3 Å². The van der Waals surface area contributed by atoms with E-state index < -0.39 is 15.9 Å². The minimum atomic E-state index is -3.53. The molecule has 0 aliphatic heterocycles. The van der Waals surface area contributed by atoms with Crippen molar-refractivity contribution >= 4 is 27.3 Å². The largest absolute Gasteiger partial charge is 0.392 e. The van der Waals surface area contributed by atoms with Crippen LogP contribution >= 0.6 is 0 Å². The Morgan fingerprint density at radius 3 is 2.28 bits per heavy atom. The molecule has 0 fully saturated rings. The van der Waals surface area contributed by atoms with Crippen LogP contribution in [0.15, 0.2) is 72.8 Å². The molecule has 7 heteroatoms. The van der Waals surface area contributed by atoms with E-state index in [1.54, 1.807) is 36.4 Å². The van der Waals surface area contributed by atoms with Crippen molar-refractivity contribution in [1.29, 1.82) is 0 Å². The minimum absolute atomic E-state index is 0.274. The number of sulfonamides is 1. The second-order valence-corrected chi connectivity index (χ2v) is 8.61.